The average molecular weight is 302 g/mol. The van der Waals surface area contributed by atoms with E-state index in [0.717, 1.165) is 6.42 Å². The van der Waals surface area contributed by atoms with Gasteiger partial charge < -0.3 is 10.4 Å². The number of hydrogen-bond donors (Lipinski definition) is 2. The van der Waals surface area contributed by atoms with Gasteiger partial charge in [-0.1, -0.05) is 39.8 Å². The number of carbonyl (C=O) groups is 1. The highest BCUT2D eigenvalue weighted by atomic mass is 16.3. The number of allylic oxidation sites excluding steroid dienone is 2. The molecule has 0 bridgehead atoms. The molecular formula is C18H26N2O2. The first kappa shape index (κ1) is 16.5. The normalized spacial score (nSPS) is 27.2. The minimum atomic E-state index is -0.303. The Kier molecular flexibility index (Phi) is 4.59. The summed E-state index contributed by atoms with van der Waals surface area (Å²) in [5, 5.41) is 13.1. The fourth-order valence-corrected chi connectivity index (χ4v) is 2.91. The molecule has 3 atom stereocenters. The zero-order chi connectivity index (χ0) is 16.5. The van der Waals surface area contributed by atoms with E-state index in [-0.39, 0.29) is 28.8 Å². The van der Waals surface area contributed by atoms with E-state index >= 15 is 0 Å². The summed E-state index contributed by atoms with van der Waals surface area (Å²) < 4.78 is 0. The van der Waals surface area contributed by atoms with Gasteiger partial charge in [0, 0.05) is 12.2 Å². The molecule has 0 saturated carbocycles. The minimum Gasteiger partial charge on any atom is -0.505 e. The number of nitrogens with zero attached hydrogens (tertiary/aromatic N) is 1. The maximum Gasteiger partial charge on any atom is 0.273 e. The fraction of sp³-hybridized carbons (Fsp3) is 0.556. The summed E-state index contributed by atoms with van der Waals surface area (Å²) in [5.74, 6) is 0.384. The van der Waals surface area contributed by atoms with Crippen LogP contribution in [0.15, 0.2) is 24.4 Å². The van der Waals surface area contributed by atoms with Crippen LogP contribution in [0.25, 0.3) is 0 Å². The number of aromatic nitrogens is 1. The van der Waals surface area contributed by atoms with E-state index in [4.69, 9.17) is 0 Å². The van der Waals surface area contributed by atoms with E-state index in [2.05, 4.69) is 50.1 Å². The van der Waals surface area contributed by atoms with Crippen LogP contribution in [0.3, 0.4) is 0 Å². The van der Waals surface area contributed by atoms with Gasteiger partial charge in [-0.15, -0.1) is 0 Å². The van der Waals surface area contributed by atoms with Gasteiger partial charge >= 0.3 is 0 Å². The van der Waals surface area contributed by atoms with E-state index in [0.29, 0.717) is 17.4 Å². The van der Waals surface area contributed by atoms with Crippen molar-refractivity contribution < 1.29 is 9.90 Å². The number of carbonyl (C=O) groups excluding carboxylic acids is 1. The molecule has 0 aliphatic heterocycles. The Morgan fingerprint density at radius 3 is 2.77 bits per heavy atom. The van der Waals surface area contributed by atoms with Crippen LogP contribution in [0, 0.1) is 24.2 Å². The molecule has 3 unspecified atom stereocenters. The van der Waals surface area contributed by atoms with Crippen molar-refractivity contribution in [1.29, 1.82) is 0 Å². The number of aromatic hydroxyl groups is 1. The molecule has 0 spiro atoms. The third-order valence-electron chi connectivity index (χ3n) is 4.72. The summed E-state index contributed by atoms with van der Waals surface area (Å²) in [6.07, 6.45) is 6.89. The van der Waals surface area contributed by atoms with Crippen molar-refractivity contribution in [2.45, 2.75) is 47.1 Å². The van der Waals surface area contributed by atoms with Crippen molar-refractivity contribution in [2.24, 2.45) is 17.3 Å². The van der Waals surface area contributed by atoms with Gasteiger partial charge in [-0.2, -0.15) is 0 Å². The third-order valence-corrected chi connectivity index (χ3v) is 4.72. The Hall–Kier alpha value is -1.84. The molecule has 1 aromatic heterocycles. The second-order valence-electron chi connectivity index (χ2n) is 7.18. The van der Waals surface area contributed by atoms with Crippen LogP contribution in [0.2, 0.25) is 0 Å². The number of amides is 1. The van der Waals surface area contributed by atoms with E-state index in [1.165, 1.54) is 0 Å². The van der Waals surface area contributed by atoms with Gasteiger partial charge in [-0.3, -0.25) is 4.79 Å². The molecule has 1 aliphatic carbocycles. The molecule has 4 heteroatoms. The molecule has 120 valence electrons. The van der Waals surface area contributed by atoms with Crippen molar-refractivity contribution in [3.8, 4) is 5.75 Å². The van der Waals surface area contributed by atoms with Gasteiger partial charge in [0.1, 0.15) is 5.75 Å². The molecule has 4 nitrogen and oxygen atoms in total. The molecule has 2 rings (SSSR count). The second-order valence-corrected chi connectivity index (χ2v) is 7.18. The van der Waals surface area contributed by atoms with E-state index < -0.39 is 0 Å². The molecule has 2 N–H and O–H groups in total. The lowest BCUT2D eigenvalue weighted by molar-refractivity contribution is 0.0899. The van der Waals surface area contributed by atoms with Crippen molar-refractivity contribution in [3.05, 3.63) is 35.7 Å². The standard InChI is InChI=1S/C18H26N2O2/c1-11-6-8-18(4,5)10-14(13(11)3)20-17(22)15-16(21)12(2)7-9-19-15/h6-9,11,13-14,21H,10H2,1-5H3,(H,20,22). The lowest BCUT2D eigenvalue weighted by atomic mass is 9.82. The number of rotatable bonds is 2. The molecule has 0 aromatic carbocycles. The Labute approximate surface area is 132 Å². The number of pyridine rings is 1. The maximum atomic E-state index is 12.5. The Bertz CT molecular complexity index is 593. The Balaban J connectivity index is 2.21. The van der Waals surface area contributed by atoms with E-state index in [1.54, 1.807) is 19.2 Å². The molecule has 0 saturated heterocycles. The van der Waals surface area contributed by atoms with Crippen LogP contribution in [-0.4, -0.2) is 22.0 Å². The zero-order valence-corrected chi connectivity index (χ0v) is 14.1. The van der Waals surface area contributed by atoms with Crippen LogP contribution in [0.5, 0.6) is 5.75 Å². The maximum absolute atomic E-state index is 12.5. The Morgan fingerprint density at radius 1 is 1.41 bits per heavy atom. The second kappa shape index (κ2) is 6.11. The molecule has 1 amide bonds. The third kappa shape index (κ3) is 3.49. The highest BCUT2D eigenvalue weighted by Crippen LogP contribution is 2.34. The van der Waals surface area contributed by atoms with Gasteiger partial charge in [-0.25, -0.2) is 4.98 Å². The van der Waals surface area contributed by atoms with Gasteiger partial charge in [-0.05, 0) is 42.2 Å². The van der Waals surface area contributed by atoms with Crippen molar-refractivity contribution >= 4 is 5.91 Å². The average Bonchev–Trinajstić information content (AvgIpc) is 2.54. The van der Waals surface area contributed by atoms with Gasteiger partial charge in [0.15, 0.2) is 5.69 Å². The highest BCUT2D eigenvalue weighted by molar-refractivity contribution is 5.95. The molecule has 1 aliphatic rings. The topological polar surface area (TPSA) is 62.2 Å². The van der Waals surface area contributed by atoms with Gasteiger partial charge in [0.25, 0.3) is 5.91 Å². The first-order valence-electron chi connectivity index (χ1n) is 7.86. The van der Waals surface area contributed by atoms with Crippen LogP contribution in [-0.2, 0) is 0 Å². The van der Waals surface area contributed by atoms with E-state index in [9.17, 15) is 9.90 Å². The lowest BCUT2D eigenvalue weighted by Crippen LogP contribution is -2.43. The van der Waals surface area contributed by atoms with Crippen LogP contribution < -0.4 is 5.32 Å². The summed E-state index contributed by atoms with van der Waals surface area (Å²) in [6.45, 7) is 10.4. The van der Waals surface area contributed by atoms with Crippen LogP contribution in [0.4, 0.5) is 0 Å². The summed E-state index contributed by atoms with van der Waals surface area (Å²) in [6, 6.07) is 1.74. The molecule has 1 aromatic rings. The van der Waals surface area contributed by atoms with Crippen molar-refractivity contribution in [3.63, 3.8) is 0 Å². The molecule has 22 heavy (non-hydrogen) atoms. The quantitative estimate of drug-likeness (QED) is 0.822. The van der Waals surface area contributed by atoms with Gasteiger partial charge in [0.05, 0.1) is 0 Å². The molecular weight excluding hydrogens is 276 g/mol. The zero-order valence-electron chi connectivity index (χ0n) is 14.1. The fourth-order valence-electron chi connectivity index (χ4n) is 2.91. The summed E-state index contributed by atoms with van der Waals surface area (Å²) >= 11 is 0. The van der Waals surface area contributed by atoms with Crippen molar-refractivity contribution in [2.75, 3.05) is 0 Å². The van der Waals surface area contributed by atoms with Crippen LogP contribution >= 0.6 is 0 Å². The largest absolute Gasteiger partial charge is 0.505 e. The monoisotopic (exact) mass is 302 g/mol. The summed E-state index contributed by atoms with van der Waals surface area (Å²) in [4.78, 5) is 16.5. The molecule has 0 fully saturated rings. The lowest BCUT2D eigenvalue weighted by Gasteiger charge is -2.30. The number of nitrogens with one attached hydrogen (secondary N) is 1. The van der Waals surface area contributed by atoms with Gasteiger partial charge in [0.2, 0.25) is 0 Å². The number of hydrogen-bond acceptors (Lipinski definition) is 3. The number of aryl methyl sites for hydroxylation is 1. The van der Waals surface area contributed by atoms with Crippen molar-refractivity contribution in [1.82, 2.24) is 10.3 Å². The highest BCUT2D eigenvalue weighted by Gasteiger charge is 2.32. The molecule has 1 heterocycles. The summed E-state index contributed by atoms with van der Waals surface area (Å²) in [5.41, 5.74) is 0.804. The minimum absolute atomic E-state index is 0.0355. The smallest absolute Gasteiger partial charge is 0.273 e. The summed E-state index contributed by atoms with van der Waals surface area (Å²) in [7, 11) is 0. The Morgan fingerprint density at radius 2 is 2.09 bits per heavy atom. The SMILES string of the molecule is Cc1ccnc(C(=O)NC2CC(C)(C)C=CC(C)C2C)c1O. The molecule has 0 radical (unpaired) electrons. The van der Waals surface area contributed by atoms with Crippen LogP contribution in [0.1, 0.15) is 50.2 Å². The predicted octanol–water partition coefficient (Wildman–Crippen LogP) is 3.45. The predicted molar refractivity (Wildman–Crippen MR) is 87.8 cm³/mol. The van der Waals surface area contributed by atoms with E-state index in [1.807, 2.05) is 0 Å². The first-order valence-corrected chi connectivity index (χ1v) is 7.86. The first-order chi connectivity index (χ1) is 10.2.